The second-order valence-electron chi connectivity index (χ2n) is 6.77. The van der Waals surface area contributed by atoms with Crippen molar-refractivity contribution in [2.24, 2.45) is 5.73 Å². The number of halogens is 1. The van der Waals surface area contributed by atoms with Crippen molar-refractivity contribution in [1.82, 2.24) is 15.1 Å². The molecule has 156 valence electrons. The summed E-state index contributed by atoms with van der Waals surface area (Å²) in [6.07, 6.45) is 5.15. The van der Waals surface area contributed by atoms with Crippen LogP contribution in [0, 0.1) is 5.82 Å². The van der Waals surface area contributed by atoms with Crippen molar-refractivity contribution in [3.8, 4) is 5.75 Å². The van der Waals surface area contributed by atoms with Crippen LogP contribution in [0.3, 0.4) is 0 Å². The smallest absolute Gasteiger partial charge is 0.342 e. The third-order valence-corrected chi connectivity index (χ3v) is 5.97. The first-order valence-electron chi connectivity index (χ1n) is 9.54. The van der Waals surface area contributed by atoms with Crippen molar-refractivity contribution in [3.63, 3.8) is 0 Å². The van der Waals surface area contributed by atoms with Crippen LogP contribution in [0.2, 0.25) is 0 Å². The molecule has 0 fully saturated rings. The van der Waals surface area contributed by atoms with Crippen LogP contribution in [0.25, 0.3) is 6.20 Å². The number of fused-ring (bicyclic) bond motifs is 1. The van der Waals surface area contributed by atoms with E-state index < -0.39 is 0 Å². The molecule has 1 aromatic carbocycles. The normalized spacial score (nSPS) is 18.3. The summed E-state index contributed by atoms with van der Waals surface area (Å²) in [5.41, 5.74) is 7.65. The summed E-state index contributed by atoms with van der Waals surface area (Å²) in [6, 6.07) is 4.29. The van der Waals surface area contributed by atoms with Crippen LogP contribution in [-0.2, 0) is 4.74 Å². The number of hydrogen-bond acceptors (Lipinski definition) is 6. The minimum absolute atomic E-state index is 0.0366. The second-order valence-corrected chi connectivity index (χ2v) is 8.15. The van der Waals surface area contributed by atoms with Gasteiger partial charge in [-0.3, -0.25) is 5.32 Å². The highest BCUT2D eigenvalue weighted by atomic mass is 31.1. The molecule has 0 radical (unpaired) electrons. The van der Waals surface area contributed by atoms with E-state index in [0.717, 1.165) is 5.44 Å². The summed E-state index contributed by atoms with van der Waals surface area (Å²) >= 11 is 0. The molecule has 4 atom stereocenters. The molecule has 3 rings (SSSR count). The van der Waals surface area contributed by atoms with Crippen LogP contribution in [0.15, 0.2) is 30.5 Å². The van der Waals surface area contributed by atoms with E-state index in [-0.39, 0.29) is 38.3 Å². The predicted octanol–water partition coefficient (Wildman–Crippen LogP) is 2.39. The highest BCUT2D eigenvalue weighted by Crippen LogP contribution is 2.31. The van der Waals surface area contributed by atoms with Gasteiger partial charge < -0.3 is 15.2 Å². The van der Waals surface area contributed by atoms with Gasteiger partial charge in [-0.2, -0.15) is 5.10 Å². The summed E-state index contributed by atoms with van der Waals surface area (Å²) in [7, 11) is 0.259. The first kappa shape index (κ1) is 21.4. The van der Waals surface area contributed by atoms with Crippen molar-refractivity contribution < 1.29 is 18.7 Å². The summed E-state index contributed by atoms with van der Waals surface area (Å²) in [4.78, 5) is 12.2. The largest absolute Gasteiger partial charge is 0.489 e. The van der Waals surface area contributed by atoms with Crippen molar-refractivity contribution in [2.75, 3.05) is 13.2 Å². The Balaban J connectivity index is 1.76. The lowest BCUT2D eigenvalue weighted by Crippen LogP contribution is -2.33. The van der Waals surface area contributed by atoms with Gasteiger partial charge in [0.05, 0.1) is 24.0 Å². The monoisotopic (exact) mass is 420 g/mol. The van der Waals surface area contributed by atoms with Gasteiger partial charge in [-0.05, 0) is 53.6 Å². The Bertz CT molecular complexity index is 902. The standard InChI is InChI=1S/C20H26FN4O3P/c1-4-27-20(26)16-11-23-25-8-7-18(29-19(16)25)24-13(3)15-9-14(21)5-6-17(15)28-12(2)10-22/h5-9,11-13,18,24,29H,4,10,22H2,1-3H3. The van der Waals surface area contributed by atoms with Crippen molar-refractivity contribution in [2.45, 2.75) is 38.7 Å². The minimum atomic E-state index is -0.375. The molecule has 9 heteroatoms. The van der Waals surface area contributed by atoms with Crippen molar-refractivity contribution in [1.29, 1.82) is 0 Å². The molecule has 0 aliphatic carbocycles. The lowest BCUT2D eigenvalue weighted by molar-refractivity contribution is 0.0528. The maximum absolute atomic E-state index is 13.9. The molecule has 0 saturated carbocycles. The van der Waals surface area contributed by atoms with Gasteiger partial charge in [0.25, 0.3) is 0 Å². The maximum atomic E-state index is 13.9. The molecule has 2 heterocycles. The SMILES string of the molecule is CCOC(=O)c1cnn2c1PC(NC(C)c1cc(F)ccc1OC(C)CN)C=C2. The molecule has 7 nitrogen and oxygen atoms in total. The lowest BCUT2D eigenvalue weighted by atomic mass is 10.1. The zero-order valence-electron chi connectivity index (χ0n) is 16.7. The molecule has 1 aromatic heterocycles. The molecule has 0 amide bonds. The van der Waals surface area contributed by atoms with Crippen LogP contribution in [-0.4, -0.2) is 40.8 Å². The average molecular weight is 420 g/mol. The number of esters is 1. The molecular weight excluding hydrogens is 394 g/mol. The summed E-state index contributed by atoms with van der Waals surface area (Å²) in [5, 5.41) is 7.70. The molecule has 1 aliphatic rings. The van der Waals surface area contributed by atoms with Gasteiger partial charge in [0, 0.05) is 24.4 Å². The number of aromatic nitrogens is 2. The van der Waals surface area contributed by atoms with Crippen molar-refractivity contribution in [3.05, 3.63) is 47.4 Å². The number of carbonyl (C=O) groups is 1. The average Bonchev–Trinajstić information content (AvgIpc) is 3.12. The van der Waals surface area contributed by atoms with Crippen LogP contribution in [0.5, 0.6) is 5.75 Å². The maximum Gasteiger partial charge on any atom is 0.342 e. The van der Waals surface area contributed by atoms with E-state index in [9.17, 15) is 9.18 Å². The number of ether oxygens (including phenoxy) is 2. The highest BCUT2D eigenvalue weighted by Gasteiger charge is 2.25. The number of carbonyl (C=O) groups excluding carboxylic acids is 1. The third kappa shape index (κ3) is 5.01. The van der Waals surface area contributed by atoms with Crippen LogP contribution in [0.1, 0.15) is 42.7 Å². The van der Waals surface area contributed by atoms with E-state index in [4.69, 9.17) is 15.2 Å². The van der Waals surface area contributed by atoms with Gasteiger partial charge in [0.15, 0.2) is 0 Å². The van der Waals surface area contributed by atoms with E-state index in [1.807, 2.05) is 26.1 Å². The molecule has 1 aliphatic heterocycles. The lowest BCUT2D eigenvalue weighted by Gasteiger charge is -2.26. The fourth-order valence-corrected chi connectivity index (χ4v) is 4.42. The Hall–Kier alpha value is -2.28. The number of benzene rings is 1. The quantitative estimate of drug-likeness (QED) is 0.503. The van der Waals surface area contributed by atoms with E-state index in [0.29, 0.717) is 30.0 Å². The van der Waals surface area contributed by atoms with Crippen LogP contribution < -0.4 is 21.2 Å². The Morgan fingerprint density at radius 1 is 1.45 bits per heavy atom. The Morgan fingerprint density at radius 2 is 2.24 bits per heavy atom. The van der Waals surface area contributed by atoms with Gasteiger partial charge in [0.2, 0.25) is 0 Å². The van der Waals surface area contributed by atoms with Crippen LogP contribution in [0.4, 0.5) is 4.39 Å². The summed E-state index contributed by atoms with van der Waals surface area (Å²) < 4.78 is 26.6. The molecule has 0 bridgehead atoms. The predicted molar refractivity (Wildman–Crippen MR) is 112 cm³/mol. The number of nitrogens with one attached hydrogen (secondary N) is 1. The summed E-state index contributed by atoms with van der Waals surface area (Å²) in [6.45, 7) is 6.27. The van der Waals surface area contributed by atoms with Gasteiger partial charge in [0.1, 0.15) is 23.2 Å². The van der Waals surface area contributed by atoms with E-state index in [2.05, 4.69) is 10.4 Å². The van der Waals surface area contributed by atoms with E-state index in [1.165, 1.54) is 18.3 Å². The zero-order valence-corrected chi connectivity index (χ0v) is 17.7. The second kappa shape index (κ2) is 9.48. The minimum Gasteiger partial charge on any atom is -0.489 e. The first-order chi connectivity index (χ1) is 13.9. The first-order valence-corrected chi connectivity index (χ1v) is 10.6. The third-order valence-electron chi connectivity index (χ3n) is 4.53. The molecule has 0 saturated heterocycles. The molecule has 3 N–H and O–H groups in total. The van der Waals surface area contributed by atoms with Gasteiger partial charge >= 0.3 is 5.97 Å². The molecule has 4 unspecified atom stereocenters. The van der Waals surface area contributed by atoms with Crippen molar-refractivity contribution >= 4 is 26.2 Å². The Labute approximate surface area is 171 Å². The number of rotatable bonds is 8. The number of nitrogens with two attached hydrogens (primary N) is 1. The number of hydrogen-bond donors (Lipinski definition) is 2. The molecule has 29 heavy (non-hydrogen) atoms. The zero-order chi connectivity index (χ0) is 21.0. The molecule has 2 aromatic rings. The number of nitrogens with zero attached hydrogens (tertiary/aromatic N) is 2. The van der Waals surface area contributed by atoms with Gasteiger partial charge in [-0.15, -0.1) is 0 Å². The Kier molecular flexibility index (Phi) is 7.00. The fraction of sp³-hybridized carbons (Fsp3) is 0.400. The highest BCUT2D eigenvalue weighted by molar-refractivity contribution is 7.48. The van der Waals surface area contributed by atoms with Gasteiger partial charge in [-0.25, -0.2) is 13.9 Å². The molecule has 0 spiro atoms. The topological polar surface area (TPSA) is 91.4 Å². The summed E-state index contributed by atoms with van der Waals surface area (Å²) in [5.74, 6) is -0.138. The van der Waals surface area contributed by atoms with E-state index in [1.54, 1.807) is 17.7 Å². The van der Waals surface area contributed by atoms with Gasteiger partial charge in [-0.1, -0.05) is 0 Å². The fourth-order valence-electron chi connectivity index (χ4n) is 3.03. The molecular formula is C20H26FN4O3P. The van der Waals surface area contributed by atoms with Crippen LogP contribution >= 0.6 is 8.58 Å². The van der Waals surface area contributed by atoms with E-state index >= 15 is 0 Å². The Morgan fingerprint density at radius 3 is 2.97 bits per heavy atom.